The van der Waals surface area contributed by atoms with E-state index in [0.717, 1.165) is 18.8 Å². The molecular formula is C13H20N4O2. The van der Waals surface area contributed by atoms with Gasteiger partial charge in [0.25, 0.3) is 5.91 Å². The van der Waals surface area contributed by atoms with Gasteiger partial charge in [0, 0.05) is 19.6 Å². The van der Waals surface area contributed by atoms with E-state index < -0.39 is 0 Å². The van der Waals surface area contributed by atoms with Gasteiger partial charge in [-0.3, -0.25) is 15.1 Å². The molecule has 1 aromatic heterocycles. The Hall–Kier alpha value is -1.50. The molecule has 0 aliphatic carbocycles. The molecule has 6 heteroatoms. The highest BCUT2D eigenvalue weighted by Gasteiger charge is 2.22. The van der Waals surface area contributed by atoms with Gasteiger partial charge in [-0.05, 0) is 26.0 Å². The van der Waals surface area contributed by atoms with Crippen LogP contribution in [0.25, 0.3) is 0 Å². The van der Waals surface area contributed by atoms with Crippen molar-refractivity contribution in [2.24, 2.45) is 5.84 Å². The Kier molecular flexibility index (Phi) is 4.47. The van der Waals surface area contributed by atoms with Crippen molar-refractivity contribution in [2.75, 3.05) is 13.1 Å². The van der Waals surface area contributed by atoms with Crippen molar-refractivity contribution < 1.29 is 9.53 Å². The van der Waals surface area contributed by atoms with Gasteiger partial charge in [0.15, 0.2) is 0 Å². The standard InChI is InChI=1S/C13H20N4O2/c1-9-6-17(7-10(2)19-9)8-11-4-3-5-12(15-11)13(18)16-14/h3-5,9-10H,6-8,14H2,1-2H3,(H,16,18)/t9-,10+. The smallest absolute Gasteiger partial charge is 0.283 e. The van der Waals surface area contributed by atoms with Gasteiger partial charge < -0.3 is 4.74 Å². The fourth-order valence-corrected chi connectivity index (χ4v) is 2.41. The van der Waals surface area contributed by atoms with E-state index in [0.29, 0.717) is 12.2 Å². The average molecular weight is 264 g/mol. The van der Waals surface area contributed by atoms with E-state index >= 15 is 0 Å². The fourth-order valence-electron chi connectivity index (χ4n) is 2.41. The summed E-state index contributed by atoms with van der Waals surface area (Å²) in [6.07, 6.45) is 0.443. The Morgan fingerprint density at radius 3 is 2.79 bits per heavy atom. The largest absolute Gasteiger partial charge is 0.373 e. The van der Waals surface area contributed by atoms with Crippen LogP contribution in [0.15, 0.2) is 18.2 Å². The maximum atomic E-state index is 11.4. The number of hydrazine groups is 1. The number of nitrogens with two attached hydrogens (primary N) is 1. The predicted molar refractivity (Wildman–Crippen MR) is 71.2 cm³/mol. The molecule has 6 nitrogen and oxygen atoms in total. The van der Waals surface area contributed by atoms with Crippen molar-refractivity contribution in [2.45, 2.75) is 32.6 Å². The summed E-state index contributed by atoms with van der Waals surface area (Å²) in [5, 5.41) is 0. The summed E-state index contributed by atoms with van der Waals surface area (Å²) in [5.41, 5.74) is 3.30. The van der Waals surface area contributed by atoms with E-state index in [-0.39, 0.29) is 18.1 Å². The topological polar surface area (TPSA) is 80.5 Å². The van der Waals surface area contributed by atoms with Crippen molar-refractivity contribution >= 4 is 5.91 Å². The molecule has 104 valence electrons. The van der Waals surface area contributed by atoms with Crippen molar-refractivity contribution in [1.82, 2.24) is 15.3 Å². The first-order valence-electron chi connectivity index (χ1n) is 6.43. The highest BCUT2D eigenvalue weighted by molar-refractivity contribution is 5.91. The zero-order chi connectivity index (χ0) is 13.8. The Bertz CT molecular complexity index is 442. The van der Waals surface area contributed by atoms with Crippen LogP contribution in [0.1, 0.15) is 30.0 Å². The predicted octanol–water partition coefficient (Wildman–Crippen LogP) is 0.294. The number of aromatic nitrogens is 1. The normalized spacial score (nSPS) is 24.2. The Morgan fingerprint density at radius 2 is 2.16 bits per heavy atom. The zero-order valence-corrected chi connectivity index (χ0v) is 11.3. The van der Waals surface area contributed by atoms with E-state index in [1.54, 1.807) is 6.07 Å². The molecule has 19 heavy (non-hydrogen) atoms. The quantitative estimate of drug-likeness (QED) is 0.466. The summed E-state index contributed by atoms with van der Waals surface area (Å²) in [5.74, 6) is 4.74. The van der Waals surface area contributed by atoms with Gasteiger partial charge in [0.1, 0.15) is 5.69 Å². The van der Waals surface area contributed by atoms with Gasteiger partial charge in [-0.2, -0.15) is 0 Å². The summed E-state index contributed by atoms with van der Waals surface area (Å²) in [7, 11) is 0. The van der Waals surface area contributed by atoms with Crippen LogP contribution >= 0.6 is 0 Å². The molecule has 2 rings (SSSR count). The number of nitrogens with zero attached hydrogens (tertiary/aromatic N) is 2. The monoisotopic (exact) mass is 264 g/mol. The maximum Gasteiger partial charge on any atom is 0.283 e. The molecule has 0 radical (unpaired) electrons. The van der Waals surface area contributed by atoms with Gasteiger partial charge in [-0.1, -0.05) is 6.07 Å². The van der Waals surface area contributed by atoms with E-state index in [4.69, 9.17) is 10.6 Å². The van der Waals surface area contributed by atoms with Crippen molar-refractivity contribution in [3.63, 3.8) is 0 Å². The number of nitrogens with one attached hydrogen (secondary N) is 1. The molecular weight excluding hydrogens is 244 g/mol. The lowest BCUT2D eigenvalue weighted by Crippen LogP contribution is -2.45. The summed E-state index contributed by atoms with van der Waals surface area (Å²) in [4.78, 5) is 18.0. The number of rotatable bonds is 3. The minimum Gasteiger partial charge on any atom is -0.373 e. The van der Waals surface area contributed by atoms with Gasteiger partial charge in [-0.15, -0.1) is 0 Å². The number of hydrogen-bond acceptors (Lipinski definition) is 5. The molecule has 2 atom stereocenters. The maximum absolute atomic E-state index is 11.4. The molecule has 0 aromatic carbocycles. The molecule has 1 aliphatic heterocycles. The summed E-state index contributed by atoms with van der Waals surface area (Å²) < 4.78 is 5.69. The molecule has 0 unspecified atom stereocenters. The lowest BCUT2D eigenvalue weighted by molar-refractivity contribution is -0.0707. The van der Waals surface area contributed by atoms with Crippen LogP contribution in [0.2, 0.25) is 0 Å². The van der Waals surface area contributed by atoms with E-state index in [2.05, 4.69) is 29.2 Å². The third-order valence-corrected chi connectivity index (χ3v) is 3.05. The van der Waals surface area contributed by atoms with Crippen molar-refractivity contribution in [3.05, 3.63) is 29.6 Å². The number of ether oxygens (including phenoxy) is 1. The molecule has 0 bridgehead atoms. The number of amides is 1. The van der Waals surface area contributed by atoms with Crippen LogP contribution in [0, 0.1) is 0 Å². The average Bonchev–Trinajstić information content (AvgIpc) is 2.37. The second-order valence-electron chi connectivity index (χ2n) is 4.94. The molecule has 1 saturated heterocycles. The highest BCUT2D eigenvalue weighted by Crippen LogP contribution is 2.13. The number of morpholine rings is 1. The Labute approximate surface area is 112 Å². The van der Waals surface area contributed by atoms with Gasteiger partial charge in [0.2, 0.25) is 0 Å². The molecule has 1 fully saturated rings. The lowest BCUT2D eigenvalue weighted by atomic mass is 10.2. The third kappa shape index (κ3) is 3.73. The number of pyridine rings is 1. The molecule has 1 amide bonds. The highest BCUT2D eigenvalue weighted by atomic mass is 16.5. The van der Waals surface area contributed by atoms with Gasteiger partial charge >= 0.3 is 0 Å². The zero-order valence-electron chi connectivity index (χ0n) is 11.3. The van der Waals surface area contributed by atoms with Crippen LogP contribution in [0.3, 0.4) is 0 Å². The first-order chi connectivity index (χ1) is 9.08. The van der Waals surface area contributed by atoms with Crippen molar-refractivity contribution in [3.8, 4) is 0 Å². The minimum atomic E-state index is -0.370. The molecule has 3 N–H and O–H groups in total. The number of hydrogen-bond donors (Lipinski definition) is 2. The van der Waals surface area contributed by atoms with Crippen LogP contribution in [-0.4, -0.2) is 41.1 Å². The lowest BCUT2D eigenvalue weighted by Gasteiger charge is -2.35. The van der Waals surface area contributed by atoms with Crippen LogP contribution < -0.4 is 11.3 Å². The SMILES string of the molecule is C[C@@H]1CN(Cc2cccc(C(=O)NN)n2)C[C@H](C)O1. The summed E-state index contributed by atoms with van der Waals surface area (Å²) >= 11 is 0. The molecule has 0 saturated carbocycles. The molecule has 2 heterocycles. The second kappa shape index (κ2) is 6.10. The summed E-state index contributed by atoms with van der Waals surface area (Å²) in [6.45, 7) is 6.59. The molecule has 0 spiro atoms. The van der Waals surface area contributed by atoms with Crippen molar-refractivity contribution in [1.29, 1.82) is 0 Å². The first-order valence-corrected chi connectivity index (χ1v) is 6.43. The second-order valence-corrected chi connectivity index (χ2v) is 4.94. The summed E-state index contributed by atoms with van der Waals surface area (Å²) in [6, 6.07) is 5.38. The molecule has 1 aliphatic rings. The van der Waals surface area contributed by atoms with E-state index in [1.807, 2.05) is 12.1 Å². The van der Waals surface area contributed by atoms with Gasteiger partial charge in [0.05, 0.1) is 17.9 Å². The minimum absolute atomic E-state index is 0.222. The molecule has 1 aromatic rings. The van der Waals surface area contributed by atoms with Gasteiger partial charge in [-0.25, -0.2) is 10.8 Å². The van der Waals surface area contributed by atoms with E-state index in [1.165, 1.54) is 0 Å². The van der Waals surface area contributed by atoms with Crippen LogP contribution in [-0.2, 0) is 11.3 Å². The fraction of sp³-hybridized carbons (Fsp3) is 0.538. The van der Waals surface area contributed by atoms with Crippen LogP contribution in [0.5, 0.6) is 0 Å². The number of carbonyl (C=O) groups excluding carboxylic acids is 1. The van der Waals surface area contributed by atoms with Crippen LogP contribution in [0.4, 0.5) is 0 Å². The first kappa shape index (κ1) is 13.9. The third-order valence-electron chi connectivity index (χ3n) is 3.05. The number of nitrogen functional groups attached to an aromatic ring is 1. The Morgan fingerprint density at radius 1 is 1.47 bits per heavy atom. The van der Waals surface area contributed by atoms with E-state index in [9.17, 15) is 4.79 Å². The Balaban J connectivity index is 2.04. The number of carbonyl (C=O) groups is 1.